The fraction of sp³-hybridized carbons (Fsp3) is 0.529. The van der Waals surface area contributed by atoms with Gasteiger partial charge in [-0.15, -0.1) is 0 Å². The molecule has 1 aliphatic rings. The standard InChI is InChI=1S/C17H23BrO3/c1-10-12(17(2,3)6-5-14(10)19)7-11-8-16(21-4)13(18)9-15(11)20/h8-9,12,14,19-20H,1,5-7H2,2-4H3/t12?,14-/m1/s1. The molecule has 3 nitrogen and oxygen atoms in total. The van der Waals surface area contributed by atoms with Gasteiger partial charge in [-0.2, -0.15) is 0 Å². The van der Waals surface area contributed by atoms with E-state index in [9.17, 15) is 10.2 Å². The van der Waals surface area contributed by atoms with Crippen molar-refractivity contribution >= 4 is 15.9 Å². The molecule has 0 aromatic heterocycles. The summed E-state index contributed by atoms with van der Waals surface area (Å²) in [7, 11) is 1.61. The van der Waals surface area contributed by atoms with Crippen molar-refractivity contribution in [2.75, 3.05) is 7.11 Å². The van der Waals surface area contributed by atoms with E-state index in [0.717, 1.165) is 28.5 Å². The molecule has 2 atom stereocenters. The first-order chi connectivity index (χ1) is 9.76. The summed E-state index contributed by atoms with van der Waals surface area (Å²) in [5.74, 6) is 1.08. The Hall–Kier alpha value is -1.00. The molecular weight excluding hydrogens is 332 g/mol. The van der Waals surface area contributed by atoms with Crippen LogP contribution in [0.2, 0.25) is 0 Å². The van der Waals surface area contributed by atoms with Crippen LogP contribution in [0.3, 0.4) is 0 Å². The van der Waals surface area contributed by atoms with Crippen LogP contribution in [0.4, 0.5) is 0 Å². The number of halogens is 1. The van der Waals surface area contributed by atoms with Gasteiger partial charge in [0.2, 0.25) is 0 Å². The number of benzene rings is 1. The maximum atomic E-state index is 10.2. The summed E-state index contributed by atoms with van der Waals surface area (Å²) in [6, 6.07) is 3.51. The molecule has 1 aliphatic carbocycles. The summed E-state index contributed by atoms with van der Waals surface area (Å²) in [5.41, 5.74) is 1.75. The van der Waals surface area contributed by atoms with Crippen molar-refractivity contribution < 1.29 is 14.9 Å². The van der Waals surface area contributed by atoms with Crippen LogP contribution in [0, 0.1) is 11.3 Å². The van der Waals surface area contributed by atoms with Crippen LogP contribution >= 0.6 is 15.9 Å². The molecule has 21 heavy (non-hydrogen) atoms. The third-order valence-electron chi connectivity index (χ3n) is 4.66. The first-order valence-corrected chi connectivity index (χ1v) is 7.97. The van der Waals surface area contributed by atoms with Crippen molar-refractivity contribution in [1.82, 2.24) is 0 Å². The molecule has 2 rings (SSSR count). The van der Waals surface area contributed by atoms with Gasteiger partial charge in [-0.05, 0) is 69.8 Å². The van der Waals surface area contributed by atoms with E-state index in [0.29, 0.717) is 12.2 Å². The highest BCUT2D eigenvalue weighted by Gasteiger charge is 2.38. The maximum absolute atomic E-state index is 10.2. The van der Waals surface area contributed by atoms with Crippen molar-refractivity contribution in [2.24, 2.45) is 11.3 Å². The Morgan fingerprint density at radius 1 is 1.43 bits per heavy atom. The third kappa shape index (κ3) is 3.27. The highest BCUT2D eigenvalue weighted by atomic mass is 79.9. The first-order valence-electron chi connectivity index (χ1n) is 7.18. The Kier molecular flexibility index (Phi) is 4.69. The molecule has 116 valence electrons. The normalized spacial score (nSPS) is 24.9. The average Bonchev–Trinajstić information content (AvgIpc) is 2.41. The van der Waals surface area contributed by atoms with Gasteiger partial charge in [-0.3, -0.25) is 0 Å². The van der Waals surface area contributed by atoms with E-state index in [2.05, 4.69) is 36.4 Å². The number of aromatic hydroxyl groups is 1. The lowest BCUT2D eigenvalue weighted by Crippen LogP contribution is -2.37. The lowest BCUT2D eigenvalue weighted by molar-refractivity contribution is 0.0866. The number of phenols is 1. The number of rotatable bonds is 3. The largest absolute Gasteiger partial charge is 0.508 e. The van der Waals surface area contributed by atoms with Gasteiger partial charge in [0.25, 0.3) is 0 Å². The highest BCUT2D eigenvalue weighted by Crippen LogP contribution is 2.46. The number of aliphatic hydroxyl groups is 1. The van der Waals surface area contributed by atoms with Crippen molar-refractivity contribution in [2.45, 2.75) is 39.2 Å². The van der Waals surface area contributed by atoms with E-state index in [-0.39, 0.29) is 17.1 Å². The lowest BCUT2D eigenvalue weighted by atomic mass is 9.64. The van der Waals surface area contributed by atoms with E-state index in [1.807, 2.05) is 6.07 Å². The summed E-state index contributed by atoms with van der Waals surface area (Å²) >= 11 is 3.37. The fourth-order valence-electron chi connectivity index (χ4n) is 3.13. The second-order valence-electron chi connectivity index (χ2n) is 6.49. The number of phenolic OH excluding ortho intramolecular Hbond substituents is 1. The smallest absolute Gasteiger partial charge is 0.133 e. The molecule has 1 fully saturated rings. The van der Waals surface area contributed by atoms with Gasteiger partial charge in [-0.1, -0.05) is 20.4 Å². The number of methoxy groups -OCH3 is 1. The molecule has 0 spiro atoms. The van der Waals surface area contributed by atoms with Gasteiger partial charge < -0.3 is 14.9 Å². The zero-order valence-electron chi connectivity index (χ0n) is 12.8. The molecule has 0 radical (unpaired) electrons. The molecule has 1 unspecified atom stereocenters. The molecule has 4 heteroatoms. The van der Waals surface area contributed by atoms with Crippen molar-refractivity contribution in [3.63, 3.8) is 0 Å². The lowest BCUT2D eigenvalue weighted by Gasteiger charge is -2.42. The quantitative estimate of drug-likeness (QED) is 0.804. The van der Waals surface area contributed by atoms with Gasteiger partial charge in [0.15, 0.2) is 0 Å². The fourth-order valence-corrected chi connectivity index (χ4v) is 3.63. The first kappa shape index (κ1) is 16.4. The minimum atomic E-state index is -0.442. The maximum Gasteiger partial charge on any atom is 0.133 e. The highest BCUT2D eigenvalue weighted by molar-refractivity contribution is 9.10. The average molecular weight is 355 g/mol. The summed E-state index contributed by atoms with van der Waals surface area (Å²) in [4.78, 5) is 0. The predicted molar refractivity (Wildman–Crippen MR) is 87.7 cm³/mol. The van der Waals surface area contributed by atoms with Crippen LogP contribution in [0.15, 0.2) is 28.8 Å². The van der Waals surface area contributed by atoms with E-state index >= 15 is 0 Å². The summed E-state index contributed by atoms with van der Waals surface area (Å²) in [5, 5.41) is 20.3. The van der Waals surface area contributed by atoms with Crippen LogP contribution in [-0.4, -0.2) is 23.4 Å². The summed E-state index contributed by atoms with van der Waals surface area (Å²) < 4.78 is 6.03. The number of hydrogen-bond acceptors (Lipinski definition) is 3. The minimum Gasteiger partial charge on any atom is -0.508 e. The molecule has 1 saturated carbocycles. The van der Waals surface area contributed by atoms with Gasteiger partial charge in [-0.25, -0.2) is 0 Å². The Morgan fingerprint density at radius 2 is 2.10 bits per heavy atom. The second kappa shape index (κ2) is 6.01. The SMILES string of the molecule is C=C1C(Cc2cc(OC)c(Br)cc2O)C(C)(C)CC[C@H]1O. The molecule has 1 aromatic carbocycles. The Labute approximate surface area is 134 Å². The number of ether oxygens (including phenoxy) is 1. The van der Waals surface area contributed by atoms with Crippen molar-refractivity contribution in [1.29, 1.82) is 0 Å². The number of aliphatic hydroxyl groups excluding tert-OH is 1. The van der Waals surface area contributed by atoms with Gasteiger partial charge in [0.05, 0.1) is 17.7 Å². The predicted octanol–water partition coefficient (Wildman–Crippen LogP) is 4.06. The molecule has 0 saturated heterocycles. The second-order valence-corrected chi connectivity index (χ2v) is 7.34. The summed E-state index contributed by atoms with van der Waals surface area (Å²) in [6.07, 6.45) is 1.92. The molecule has 0 heterocycles. The van der Waals surface area contributed by atoms with Crippen LogP contribution in [0.25, 0.3) is 0 Å². The number of hydrogen-bond donors (Lipinski definition) is 2. The van der Waals surface area contributed by atoms with Gasteiger partial charge in [0.1, 0.15) is 11.5 Å². The van der Waals surface area contributed by atoms with Crippen LogP contribution in [-0.2, 0) is 6.42 Å². The van der Waals surface area contributed by atoms with Gasteiger partial charge >= 0.3 is 0 Å². The molecule has 2 N–H and O–H groups in total. The third-order valence-corrected chi connectivity index (χ3v) is 5.28. The molecule has 0 amide bonds. The minimum absolute atomic E-state index is 0.0586. The Balaban J connectivity index is 2.33. The van der Waals surface area contributed by atoms with Crippen molar-refractivity contribution in [3.8, 4) is 11.5 Å². The van der Waals surface area contributed by atoms with E-state index in [4.69, 9.17) is 4.74 Å². The Morgan fingerprint density at radius 3 is 2.71 bits per heavy atom. The molecule has 1 aromatic rings. The van der Waals surface area contributed by atoms with Crippen LogP contribution < -0.4 is 4.74 Å². The zero-order valence-corrected chi connectivity index (χ0v) is 14.4. The molecular formula is C17H23BrO3. The Bertz CT molecular complexity index is 551. The van der Waals surface area contributed by atoms with Crippen molar-refractivity contribution in [3.05, 3.63) is 34.3 Å². The zero-order chi connectivity index (χ0) is 15.8. The van der Waals surface area contributed by atoms with Gasteiger partial charge in [0, 0.05) is 0 Å². The van der Waals surface area contributed by atoms with E-state index in [1.165, 1.54) is 0 Å². The summed E-state index contributed by atoms with van der Waals surface area (Å²) in [6.45, 7) is 8.48. The topological polar surface area (TPSA) is 49.7 Å². The van der Waals surface area contributed by atoms with E-state index in [1.54, 1.807) is 13.2 Å². The van der Waals surface area contributed by atoms with Crippen LogP contribution in [0.5, 0.6) is 11.5 Å². The molecule has 0 aliphatic heterocycles. The van der Waals surface area contributed by atoms with E-state index < -0.39 is 6.10 Å². The monoisotopic (exact) mass is 354 g/mol. The molecule has 0 bridgehead atoms. The van der Waals surface area contributed by atoms with Crippen LogP contribution in [0.1, 0.15) is 32.3 Å².